The molecular formula is C14H11ClF. The summed E-state index contributed by atoms with van der Waals surface area (Å²) in [6.07, 6.45) is 2.78. The maximum absolute atomic E-state index is 12.7. The highest BCUT2D eigenvalue weighted by Crippen LogP contribution is 2.18. The van der Waals surface area contributed by atoms with Gasteiger partial charge in [-0.3, -0.25) is 0 Å². The quantitative estimate of drug-likeness (QED) is 0.743. The third kappa shape index (κ3) is 2.83. The SMILES string of the molecule is Fc1ccc([CH]Cc2ccccc2Cl)cc1. The van der Waals surface area contributed by atoms with E-state index in [2.05, 4.69) is 0 Å². The van der Waals surface area contributed by atoms with Gasteiger partial charge in [0.05, 0.1) is 0 Å². The normalized spacial score (nSPS) is 10.4. The van der Waals surface area contributed by atoms with E-state index >= 15 is 0 Å². The minimum absolute atomic E-state index is 0.213. The Morgan fingerprint density at radius 2 is 1.69 bits per heavy atom. The zero-order valence-corrected chi connectivity index (χ0v) is 9.42. The van der Waals surface area contributed by atoms with Crippen LogP contribution in [0.3, 0.4) is 0 Å². The fourth-order valence-corrected chi connectivity index (χ4v) is 1.70. The average Bonchev–Trinajstić information content (AvgIpc) is 2.30. The van der Waals surface area contributed by atoms with E-state index in [0.29, 0.717) is 0 Å². The number of halogens is 2. The van der Waals surface area contributed by atoms with Crippen molar-refractivity contribution in [2.24, 2.45) is 0 Å². The van der Waals surface area contributed by atoms with Crippen LogP contribution in [-0.4, -0.2) is 0 Å². The molecule has 0 aliphatic carbocycles. The first-order valence-corrected chi connectivity index (χ1v) is 5.46. The molecule has 0 spiro atoms. The van der Waals surface area contributed by atoms with Gasteiger partial charge in [-0.05, 0) is 42.2 Å². The molecule has 0 bridgehead atoms. The second-order valence-electron chi connectivity index (χ2n) is 3.55. The van der Waals surface area contributed by atoms with Crippen LogP contribution in [0.2, 0.25) is 5.02 Å². The van der Waals surface area contributed by atoms with Crippen molar-refractivity contribution < 1.29 is 4.39 Å². The van der Waals surface area contributed by atoms with Crippen LogP contribution in [0, 0.1) is 12.2 Å². The van der Waals surface area contributed by atoms with Gasteiger partial charge < -0.3 is 0 Å². The molecule has 0 aliphatic heterocycles. The van der Waals surface area contributed by atoms with Crippen LogP contribution >= 0.6 is 11.6 Å². The number of rotatable bonds is 3. The number of hydrogen-bond acceptors (Lipinski definition) is 0. The van der Waals surface area contributed by atoms with E-state index in [1.807, 2.05) is 30.7 Å². The molecule has 0 heterocycles. The summed E-state index contributed by atoms with van der Waals surface area (Å²) in [5, 5.41) is 0.765. The molecule has 2 aromatic rings. The van der Waals surface area contributed by atoms with Crippen molar-refractivity contribution in [3.63, 3.8) is 0 Å². The topological polar surface area (TPSA) is 0 Å². The molecule has 2 rings (SSSR count). The van der Waals surface area contributed by atoms with E-state index in [4.69, 9.17) is 11.6 Å². The highest BCUT2D eigenvalue weighted by atomic mass is 35.5. The van der Waals surface area contributed by atoms with Crippen LogP contribution in [0.25, 0.3) is 0 Å². The number of benzene rings is 2. The summed E-state index contributed by atoms with van der Waals surface area (Å²) in [4.78, 5) is 0. The third-order valence-corrected chi connectivity index (χ3v) is 2.75. The third-order valence-electron chi connectivity index (χ3n) is 2.39. The highest BCUT2D eigenvalue weighted by Gasteiger charge is 2.00. The van der Waals surface area contributed by atoms with Gasteiger partial charge in [0.2, 0.25) is 0 Å². The predicted molar refractivity (Wildman–Crippen MR) is 65.0 cm³/mol. The van der Waals surface area contributed by atoms with Crippen LogP contribution < -0.4 is 0 Å². The molecule has 0 atom stereocenters. The molecule has 2 heteroatoms. The first-order valence-electron chi connectivity index (χ1n) is 5.08. The van der Waals surface area contributed by atoms with Crippen molar-refractivity contribution >= 4 is 11.6 Å². The Morgan fingerprint density at radius 3 is 2.38 bits per heavy atom. The van der Waals surface area contributed by atoms with Crippen molar-refractivity contribution in [1.29, 1.82) is 0 Å². The van der Waals surface area contributed by atoms with Crippen molar-refractivity contribution in [3.05, 3.63) is 76.9 Å². The summed E-state index contributed by atoms with van der Waals surface area (Å²) in [6.45, 7) is 0. The molecule has 0 unspecified atom stereocenters. The second-order valence-corrected chi connectivity index (χ2v) is 3.96. The molecule has 0 nitrogen and oxygen atoms in total. The summed E-state index contributed by atoms with van der Waals surface area (Å²) >= 11 is 6.04. The molecular weight excluding hydrogens is 223 g/mol. The molecule has 0 aromatic heterocycles. The van der Waals surface area contributed by atoms with Gasteiger partial charge >= 0.3 is 0 Å². The zero-order valence-electron chi connectivity index (χ0n) is 8.66. The first-order chi connectivity index (χ1) is 7.75. The van der Waals surface area contributed by atoms with Gasteiger partial charge in [0.15, 0.2) is 0 Å². The zero-order chi connectivity index (χ0) is 11.4. The summed E-state index contributed by atoms with van der Waals surface area (Å²) in [6, 6.07) is 14.1. The predicted octanol–water partition coefficient (Wildman–Crippen LogP) is 4.27. The Morgan fingerprint density at radius 1 is 1.00 bits per heavy atom. The Hall–Kier alpha value is -1.34. The van der Waals surface area contributed by atoms with Crippen molar-refractivity contribution in [2.45, 2.75) is 6.42 Å². The van der Waals surface area contributed by atoms with Crippen molar-refractivity contribution in [2.75, 3.05) is 0 Å². The largest absolute Gasteiger partial charge is 0.207 e. The van der Waals surface area contributed by atoms with Crippen LogP contribution in [-0.2, 0) is 6.42 Å². The summed E-state index contributed by atoms with van der Waals surface area (Å²) < 4.78 is 12.7. The molecule has 0 aliphatic rings. The lowest BCUT2D eigenvalue weighted by atomic mass is 10.0. The molecule has 0 fully saturated rings. The minimum Gasteiger partial charge on any atom is -0.207 e. The van der Waals surface area contributed by atoms with Gasteiger partial charge in [-0.15, -0.1) is 0 Å². The Bertz CT molecular complexity index is 462. The van der Waals surface area contributed by atoms with Gasteiger partial charge in [0, 0.05) is 5.02 Å². The molecule has 16 heavy (non-hydrogen) atoms. The lowest BCUT2D eigenvalue weighted by molar-refractivity contribution is 0.627. The fourth-order valence-electron chi connectivity index (χ4n) is 1.49. The molecule has 81 valence electrons. The minimum atomic E-state index is -0.213. The van der Waals surface area contributed by atoms with Crippen molar-refractivity contribution in [1.82, 2.24) is 0 Å². The summed E-state index contributed by atoms with van der Waals surface area (Å²) in [7, 11) is 0. The van der Waals surface area contributed by atoms with Gasteiger partial charge in [-0.1, -0.05) is 41.9 Å². The van der Waals surface area contributed by atoms with Crippen LogP contribution in [0.1, 0.15) is 11.1 Å². The van der Waals surface area contributed by atoms with Crippen molar-refractivity contribution in [3.8, 4) is 0 Å². The van der Waals surface area contributed by atoms with E-state index in [1.165, 1.54) is 12.1 Å². The van der Waals surface area contributed by atoms with Gasteiger partial charge in [0.25, 0.3) is 0 Å². The van der Waals surface area contributed by atoms with E-state index in [9.17, 15) is 4.39 Å². The summed E-state index contributed by atoms with van der Waals surface area (Å²) in [5.74, 6) is -0.213. The lowest BCUT2D eigenvalue weighted by Gasteiger charge is -2.03. The molecule has 0 N–H and O–H groups in total. The maximum Gasteiger partial charge on any atom is 0.123 e. The molecule has 1 radical (unpaired) electrons. The van der Waals surface area contributed by atoms with E-state index in [1.54, 1.807) is 12.1 Å². The number of hydrogen-bond donors (Lipinski definition) is 0. The first kappa shape index (κ1) is 11.2. The average molecular weight is 234 g/mol. The van der Waals surface area contributed by atoms with E-state index < -0.39 is 0 Å². The fraction of sp³-hybridized carbons (Fsp3) is 0.0714. The van der Waals surface area contributed by atoms with E-state index in [0.717, 1.165) is 22.6 Å². The van der Waals surface area contributed by atoms with Crippen LogP contribution in [0.5, 0.6) is 0 Å². The maximum atomic E-state index is 12.7. The molecule has 2 aromatic carbocycles. The lowest BCUT2D eigenvalue weighted by Crippen LogP contribution is -1.89. The smallest absolute Gasteiger partial charge is 0.123 e. The monoisotopic (exact) mass is 233 g/mol. The van der Waals surface area contributed by atoms with Gasteiger partial charge in [-0.25, -0.2) is 4.39 Å². The highest BCUT2D eigenvalue weighted by molar-refractivity contribution is 6.31. The van der Waals surface area contributed by atoms with Crippen LogP contribution in [0.4, 0.5) is 4.39 Å². The van der Waals surface area contributed by atoms with Crippen LogP contribution in [0.15, 0.2) is 48.5 Å². The molecule has 0 amide bonds. The van der Waals surface area contributed by atoms with Gasteiger partial charge in [-0.2, -0.15) is 0 Å². The molecule has 0 saturated carbocycles. The van der Waals surface area contributed by atoms with E-state index in [-0.39, 0.29) is 5.82 Å². The standard InChI is InChI=1S/C14H11ClF/c15-14-4-2-1-3-12(14)8-5-11-6-9-13(16)10-7-11/h1-7,9-10H,8H2. The second kappa shape index (κ2) is 5.13. The Kier molecular flexibility index (Phi) is 3.58. The van der Waals surface area contributed by atoms with Gasteiger partial charge in [0.1, 0.15) is 5.82 Å². The molecule has 0 saturated heterocycles. The Labute approximate surface area is 99.7 Å². The summed E-state index contributed by atoms with van der Waals surface area (Å²) in [5.41, 5.74) is 2.08. The Balaban J connectivity index is 2.02.